The second-order valence-corrected chi connectivity index (χ2v) is 14.2. The van der Waals surface area contributed by atoms with Gasteiger partial charge in [-0.2, -0.15) is 18.3 Å². The van der Waals surface area contributed by atoms with Crippen LogP contribution in [-0.2, 0) is 22.1 Å². The first-order valence-electron chi connectivity index (χ1n) is 18.2. The number of piperazine rings is 1. The van der Waals surface area contributed by atoms with Crippen molar-refractivity contribution in [2.45, 2.75) is 58.4 Å². The lowest BCUT2D eigenvalue weighted by Crippen LogP contribution is -2.53. The van der Waals surface area contributed by atoms with Gasteiger partial charge in [-0.3, -0.25) is 19.4 Å². The van der Waals surface area contributed by atoms with Crippen LogP contribution in [0, 0.1) is 0 Å². The van der Waals surface area contributed by atoms with E-state index in [9.17, 15) is 27.6 Å². The molecule has 1 aromatic heterocycles. The Balaban J connectivity index is 0.000000745. The van der Waals surface area contributed by atoms with Gasteiger partial charge in [0.25, 0.3) is 11.8 Å². The molecule has 0 spiro atoms. The van der Waals surface area contributed by atoms with Crippen LogP contribution in [-0.4, -0.2) is 95.0 Å². The number of hydrogen-bond acceptors (Lipinski definition) is 8. The number of alkyl halides is 3. The van der Waals surface area contributed by atoms with Crippen LogP contribution < -0.4 is 20.7 Å². The third kappa shape index (κ3) is 11.0. The van der Waals surface area contributed by atoms with E-state index in [0.29, 0.717) is 42.5 Å². The van der Waals surface area contributed by atoms with E-state index in [-0.39, 0.29) is 30.5 Å². The zero-order valence-corrected chi connectivity index (χ0v) is 31.5. The van der Waals surface area contributed by atoms with Gasteiger partial charge in [0.1, 0.15) is 23.2 Å². The van der Waals surface area contributed by atoms with E-state index in [0.717, 1.165) is 49.9 Å². The van der Waals surface area contributed by atoms with Crippen molar-refractivity contribution in [3.8, 4) is 11.4 Å². The summed E-state index contributed by atoms with van der Waals surface area (Å²) in [6, 6.07) is 20.0. The number of nitrogen functional groups attached to an aromatic ring is 1. The van der Waals surface area contributed by atoms with Crippen molar-refractivity contribution in [3.05, 3.63) is 102 Å². The van der Waals surface area contributed by atoms with Gasteiger partial charge in [-0.15, -0.1) is 0 Å². The number of aromatic nitrogens is 2. The molecule has 1 unspecified atom stereocenters. The van der Waals surface area contributed by atoms with Crippen LogP contribution in [0.1, 0.15) is 55.6 Å². The lowest BCUT2D eigenvalue weighted by molar-refractivity contribution is -0.137. The molecule has 1 fully saturated rings. The number of benzene rings is 3. The minimum Gasteiger partial charge on any atom is -0.493 e. The number of ether oxygens (including phenoxy) is 2. The second kappa shape index (κ2) is 17.7. The first-order chi connectivity index (χ1) is 26.1. The number of rotatable bonds is 9. The van der Waals surface area contributed by atoms with Crippen molar-refractivity contribution in [2.24, 2.45) is 0 Å². The topological polar surface area (TPSA) is 135 Å². The number of anilines is 2. The lowest BCUT2D eigenvalue weighted by atomic mass is 10.0. The number of para-hydroxylation sites is 1. The summed E-state index contributed by atoms with van der Waals surface area (Å²) < 4.78 is 52.7. The largest absolute Gasteiger partial charge is 0.493 e. The number of nitrogens with zero attached hydrogens (tertiary/aromatic N) is 5. The molecule has 4 aromatic rings. The quantitative estimate of drug-likeness (QED) is 0.152. The highest BCUT2D eigenvalue weighted by atomic mass is 19.4. The maximum absolute atomic E-state index is 13.5. The predicted molar refractivity (Wildman–Crippen MR) is 203 cm³/mol. The molecule has 3 heterocycles. The summed E-state index contributed by atoms with van der Waals surface area (Å²) >= 11 is 0. The van der Waals surface area contributed by atoms with Crippen molar-refractivity contribution in [1.29, 1.82) is 0 Å². The summed E-state index contributed by atoms with van der Waals surface area (Å²) in [6.45, 7) is 11.7. The van der Waals surface area contributed by atoms with Crippen LogP contribution in [0.15, 0.2) is 85.1 Å². The highest BCUT2D eigenvalue weighted by Gasteiger charge is 2.37. The maximum Gasteiger partial charge on any atom is 0.416 e. The Bertz CT molecular complexity index is 1920. The minimum absolute atomic E-state index is 0.137. The third-order valence-corrected chi connectivity index (χ3v) is 8.91. The molecule has 3 aromatic carbocycles. The number of likely N-dealkylation sites (N-methyl/N-ethyl adjacent to an activating group) is 1. The third-order valence-electron chi connectivity index (χ3n) is 8.91. The monoisotopic (exact) mass is 763 g/mol. The van der Waals surface area contributed by atoms with Gasteiger partial charge in [-0.1, -0.05) is 30.3 Å². The van der Waals surface area contributed by atoms with Crippen molar-refractivity contribution >= 4 is 29.4 Å². The summed E-state index contributed by atoms with van der Waals surface area (Å²) in [7, 11) is 0. The van der Waals surface area contributed by atoms with Gasteiger partial charge in [0.15, 0.2) is 0 Å². The van der Waals surface area contributed by atoms with Crippen molar-refractivity contribution < 1.29 is 37.0 Å². The summed E-state index contributed by atoms with van der Waals surface area (Å²) in [6.07, 6.45) is -2.32. The standard InChI is InChI=1S/C34H41F3N6O5.C6H7N/c1-5-42-30-24(20-28(31(42)45)39-29(44)23-9-6-10-25(19-23)34(35,36)37)22-38-43(30)26-11-7-12-27(21-26)47-18-8-13-40-14-16-41(17-15-40)32(46)48-33(2,3)4;7-6-4-2-1-3-5-6/h6-7,9-12,19,21-22,28H,5,8,13-18,20H2,1-4H3,(H,39,44);1-5H,7H2. The molecule has 15 heteroatoms. The fraction of sp³-hybridized carbons (Fsp3) is 0.400. The molecule has 12 nitrogen and oxygen atoms in total. The van der Waals surface area contributed by atoms with Gasteiger partial charge in [-0.05, 0) is 76.6 Å². The minimum atomic E-state index is -4.59. The molecule has 294 valence electrons. The van der Waals surface area contributed by atoms with Crippen LogP contribution in [0.25, 0.3) is 5.69 Å². The number of nitrogens with one attached hydrogen (secondary N) is 1. The first kappa shape index (κ1) is 40.6. The van der Waals surface area contributed by atoms with Gasteiger partial charge < -0.3 is 25.4 Å². The van der Waals surface area contributed by atoms with Crippen molar-refractivity contribution in [2.75, 3.05) is 56.5 Å². The number of carbonyl (C=O) groups is 3. The molecule has 6 rings (SSSR count). The Hall–Kier alpha value is -5.57. The molecule has 2 aliphatic rings. The summed E-state index contributed by atoms with van der Waals surface area (Å²) in [4.78, 5) is 44.2. The van der Waals surface area contributed by atoms with E-state index in [1.54, 1.807) is 22.7 Å². The van der Waals surface area contributed by atoms with Crippen LogP contribution in [0.2, 0.25) is 0 Å². The molecule has 3 amide bonds. The highest BCUT2D eigenvalue weighted by Crippen LogP contribution is 2.32. The highest BCUT2D eigenvalue weighted by molar-refractivity contribution is 6.04. The first-order valence-corrected chi connectivity index (χ1v) is 18.2. The normalized spacial score (nSPS) is 16.1. The Morgan fingerprint density at radius 3 is 2.29 bits per heavy atom. The lowest BCUT2D eigenvalue weighted by Gasteiger charge is -2.35. The van der Waals surface area contributed by atoms with Gasteiger partial charge in [0.2, 0.25) is 0 Å². The molecular weight excluding hydrogens is 715 g/mol. The van der Waals surface area contributed by atoms with E-state index in [4.69, 9.17) is 15.2 Å². The van der Waals surface area contributed by atoms with Crippen molar-refractivity contribution in [1.82, 2.24) is 24.9 Å². The molecule has 3 N–H and O–H groups in total. The molecular formula is C40H48F3N7O5. The van der Waals surface area contributed by atoms with Crippen LogP contribution in [0.4, 0.5) is 29.5 Å². The Labute approximate surface area is 319 Å². The summed E-state index contributed by atoms with van der Waals surface area (Å²) in [5, 5.41) is 7.15. The number of amides is 3. The number of hydrogen-bond donors (Lipinski definition) is 2. The molecule has 0 saturated carbocycles. The van der Waals surface area contributed by atoms with Gasteiger partial charge in [0, 0.05) is 68.6 Å². The Morgan fingerprint density at radius 1 is 0.945 bits per heavy atom. The van der Waals surface area contributed by atoms with Crippen LogP contribution in [0.3, 0.4) is 0 Å². The fourth-order valence-corrected chi connectivity index (χ4v) is 6.21. The maximum atomic E-state index is 13.5. The van der Waals surface area contributed by atoms with Crippen molar-refractivity contribution in [3.63, 3.8) is 0 Å². The van der Waals surface area contributed by atoms with Gasteiger partial charge >= 0.3 is 12.3 Å². The summed E-state index contributed by atoms with van der Waals surface area (Å²) in [5.74, 6) is 0.0586. The molecule has 2 aliphatic heterocycles. The van der Waals surface area contributed by atoms with E-state index < -0.39 is 29.3 Å². The molecule has 55 heavy (non-hydrogen) atoms. The molecule has 1 saturated heterocycles. The predicted octanol–water partition coefficient (Wildman–Crippen LogP) is 6.19. The smallest absolute Gasteiger partial charge is 0.416 e. The number of fused-ring (bicyclic) bond motifs is 1. The number of nitrogens with two attached hydrogens (primary N) is 1. The van der Waals surface area contributed by atoms with Gasteiger partial charge in [-0.25, -0.2) is 9.48 Å². The van der Waals surface area contributed by atoms with E-state index in [1.165, 1.54) is 11.0 Å². The summed E-state index contributed by atoms with van der Waals surface area (Å²) in [5.41, 5.74) is 5.94. The van der Waals surface area contributed by atoms with Crippen LogP contribution >= 0.6 is 0 Å². The zero-order chi connectivity index (χ0) is 39.8. The molecule has 0 radical (unpaired) electrons. The van der Waals surface area contributed by atoms with Gasteiger partial charge in [0.05, 0.1) is 24.1 Å². The Morgan fingerprint density at radius 2 is 1.65 bits per heavy atom. The zero-order valence-electron chi connectivity index (χ0n) is 31.5. The van der Waals surface area contributed by atoms with Crippen LogP contribution in [0.5, 0.6) is 5.75 Å². The average molecular weight is 764 g/mol. The average Bonchev–Trinajstić information content (AvgIpc) is 3.57. The second-order valence-electron chi connectivity index (χ2n) is 14.2. The fourth-order valence-electron chi connectivity index (χ4n) is 6.21. The molecule has 0 aliphatic carbocycles. The number of halogens is 3. The van der Waals surface area contributed by atoms with E-state index >= 15 is 0 Å². The Kier molecular flexibility index (Phi) is 13.1. The molecule has 0 bridgehead atoms. The van der Waals surface area contributed by atoms with E-state index in [2.05, 4.69) is 15.3 Å². The SMILES string of the molecule is CCN1C(=O)C(NC(=O)c2cccc(C(F)(F)F)c2)Cc2cnn(-c3cccc(OCCCN4CCN(C(=O)OC(C)(C)C)CC4)c3)c21.Nc1ccccc1. The number of carbonyl (C=O) groups excluding carboxylic acids is 3. The van der Waals surface area contributed by atoms with E-state index in [1.807, 2.05) is 75.4 Å². The molecule has 1 atom stereocenters.